The number of anilines is 2. The number of rotatable bonds is 5. The summed E-state index contributed by atoms with van der Waals surface area (Å²) in [5.41, 5.74) is 6.14. The van der Waals surface area contributed by atoms with Gasteiger partial charge in [0.25, 0.3) is 0 Å². The summed E-state index contributed by atoms with van der Waals surface area (Å²) < 4.78 is 47.8. The van der Waals surface area contributed by atoms with E-state index in [1.165, 1.54) is 23.1 Å². The molecule has 34 heavy (non-hydrogen) atoms. The first-order valence-electron chi connectivity index (χ1n) is 10.7. The number of hydrogen-bond donors (Lipinski definition) is 2. The third-order valence-electron chi connectivity index (χ3n) is 5.89. The minimum Gasteiger partial charge on any atom is -0.404 e. The summed E-state index contributed by atoms with van der Waals surface area (Å²) in [5, 5.41) is 3.12. The Hall–Kier alpha value is -2.98. The van der Waals surface area contributed by atoms with E-state index in [2.05, 4.69) is 15.0 Å². The van der Waals surface area contributed by atoms with Crippen LogP contribution in [0.3, 0.4) is 0 Å². The summed E-state index contributed by atoms with van der Waals surface area (Å²) in [7, 11) is 0. The molecule has 182 valence electrons. The maximum Gasteiger partial charge on any atom is 0.573 e. The number of nitrogens with two attached hydrogens (primary N) is 1. The number of nitrogens with one attached hydrogen (secondary N) is 1. The Morgan fingerprint density at radius 1 is 1.18 bits per heavy atom. The molecule has 0 aromatic heterocycles. The molecule has 3 N–H and O–H groups in total. The van der Waals surface area contributed by atoms with Crippen molar-refractivity contribution in [1.29, 1.82) is 0 Å². The third-order valence-corrected chi connectivity index (χ3v) is 6.30. The number of ether oxygens (including phenoxy) is 2. The molecule has 0 aliphatic carbocycles. The van der Waals surface area contributed by atoms with Gasteiger partial charge in [0.15, 0.2) is 11.7 Å². The van der Waals surface area contributed by atoms with Crippen LogP contribution in [0.25, 0.3) is 0 Å². The molecule has 1 fully saturated rings. The van der Waals surface area contributed by atoms with Crippen molar-refractivity contribution in [1.82, 2.24) is 4.90 Å². The molecule has 7 nitrogen and oxygen atoms in total. The molecule has 1 atom stereocenters. The number of benzene rings is 2. The highest BCUT2D eigenvalue weighted by molar-refractivity contribution is 6.34. The largest absolute Gasteiger partial charge is 0.573 e. The second kappa shape index (κ2) is 9.34. The van der Waals surface area contributed by atoms with E-state index in [9.17, 15) is 18.0 Å². The summed E-state index contributed by atoms with van der Waals surface area (Å²) in [6.45, 7) is 2.86. The molecule has 2 heterocycles. The second-order valence-electron chi connectivity index (χ2n) is 8.36. The van der Waals surface area contributed by atoms with Gasteiger partial charge in [-0.2, -0.15) is 0 Å². The number of nitrogens with zero attached hydrogens (tertiary/aromatic N) is 2. The molecule has 2 aliphatic heterocycles. The van der Waals surface area contributed by atoms with Gasteiger partial charge in [0.05, 0.1) is 28.4 Å². The third kappa shape index (κ3) is 5.07. The lowest BCUT2D eigenvalue weighted by atomic mass is 9.86. The minimum absolute atomic E-state index is 0.0437. The van der Waals surface area contributed by atoms with Crippen LogP contribution in [0, 0.1) is 0 Å². The van der Waals surface area contributed by atoms with E-state index in [1.54, 1.807) is 31.2 Å². The highest BCUT2D eigenvalue weighted by atomic mass is 35.5. The number of alkyl halides is 3. The summed E-state index contributed by atoms with van der Waals surface area (Å²) in [6, 6.07) is 10.6. The van der Waals surface area contributed by atoms with Crippen LogP contribution in [-0.4, -0.2) is 42.4 Å². The average Bonchev–Trinajstić information content (AvgIpc) is 2.75. The van der Waals surface area contributed by atoms with E-state index >= 15 is 0 Å². The van der Waals surface area contributed by atoms with Gasteiger partial charge in [-0.25, -0.2) is 4.99 Å². The van der Waals surface area contributed by atoms with Gasteiger partial charge in [0.1, 0.15) is 0 Å². The molecule has 1 saturated heterocycles. The Kier molecular flexibility index (Phi) is 6.64. The van der Waals surface area contributed by atoms with Gasteiger partial charge in [0, 0.05) is 24.8 Å². The molecule has 2 aromatic rings. The zero-order valence-corrected chi connectivity index (χ0v) is 19.1. The number of aliphatic imine (C=N–C) groups is 1. The van der Waals surface area contributed by atoms with Gasteiger partial charge in [-0.1, -0.05) is 35.9 Å². The Balaban J connectivity index is 1.64. The first kappa shape index (κ1) is 24.2. The summed E-state index contributed by atoms with van der Waals surface area (Å²) in [6.07, 6.45) is -3.44. The van der Waals surface area contributed by atoms with Crippen LogP contribution in [0.1, 0.15) is 31.7 Å². The Labute approximate surface area is 199 Å². The smallest absolute Gasteiger partial charge is 0.404 e. The summed E-state index contributed by atoms with van der Waals surface area (Å²) in [4.78, 5) is 19.3. The van der Waals surface area contributed by atoms with Crippen molar-refractivity contribution in [2.24, 2.45) is 10.7 Å². The van der Waals surface area contributed by atoms with Crippen molar-refractivity contribution in [3.63, 3.8) is 0 Å². The van der Waals surface area contributed by atoms with Crippen LogP contribution in [0.4, 0.5) is 24.5 Å². The lowest BCUT2D eigenvalue weighted by Crippen LogP contribution is -2.55. The molecule has 0 spiro atoms. The van der Waals surface area contributed by atoms with Gasteiger partial charge >= 0.3 is 6.36 Å². The molecule has 0 unspecified atom stereocenters. The number of carbonyl (C=O) groups excluding carboxylic acids is 1. The molecule has 11 heteroatoms. The van der Waals surface area contributed by atoms with E-state index in [1.807, 2.05) is 0 Å². The predicted molar refractivity (Wildman–Crippen MR) is 122 cm³/mol. The number of hydrogen-bond acceptors (Lipinski definition) is 6. The lowest BCUT2D eigenvalue weighted by Gasteiger charge is -2.40. The molecule has 2 aliphatic rings. The highest BCUT2D eigenvalue weighted by Crippen LogP contribution is 2.42. The van der Waals surface area contributed by atoms with Crippen LogP contribution >= 0.6 is 11.6 Å². The molecular weight excluding hydrogens is 473 g/mol. The van der Waals surface area contributed by atoms with E-state index in [-0.39, 0.29) is 35.0 Å². The fourth-order valence-corrected chi connectivity index (χ4v) is 4.69. The lowest BCUT2D eigenvalue weighted by molar-refractivity contribution is -0.274. The van der Waals surface area contributed by atoms with E-state index in [4.69, 9.17) is 22.1 Å². The molecule has 0 radical (unpaired) electrons. The number of para-hydroxylation sites is 2. The molecule has 4 rings (SSSR count). The Morgan fingerprint density at radius 3 is 2.53 bits per heavy atom. The Morgan fingerprint density at radius 2 is 1.85 bits per heavy atom. The number of guanidine groups is 1. The summed E-state index contributed by atoms with van der Waals surface area (Å²) >= 11 is 6.67. The van der Waals surface area contributed by atoms with Crippen molar-refractivity contribution >= 4 is 34.8 Å². The first-order valence-corrected chi connectivity index (χ1v) is 11.1. The molecule has 2 aromatic carbocycles. The number of halogens is 4. The van der Waals surface area contributed by atoms with Crippen LogP contribution in [0.5, 0.6) is 5.75 Å². The maximum absolute atomic E-state index is 13.1. The molecular formula is C23H24ClF3N4O3. The first-order chi connectivity index (χ1) is 16.1. The fourth-order valence-electron chi connectivity index (χ4n) is 4.32. The van der Waals surface area contributed by atoms with Crippen molar-refractivity contribution in [2.45, 2.75) is 44.1 Å². The molecule has 1 amide bonds. The SMILES string of the molecule is C[C@@]1(c2cccc(Nc3ccccc3OC(F)(F)F)c2Cl)CC(=O)N(C2CCOCC2)C(N)=N1. The van der Waals surface area contributed by atoms with Crippen LogP contribution < -0.4 is 15.8 Å². The van der Waals surface area contributed by atoms with Crippen molar-refractivity contribution in [3.8, 4) is 5.75 Å². The predicted octanol–water partition coefficient (Wildman–Crippen LogP) is 4.92. The Bertz CT molecular complexity index is 1110. The van der Waals surface area contributed by atoms with Crippen LogP contribution in [0.2, 0.25) is 5.02 Å². The minimum atomic E-state index is -4.85. The number of amides is 1. The summed E-state index contributed by atoms with van der Waals surface area (Å²) in [5.74, 6) is -0.450. The standard InChI is InChI=1S/C23H24ClF3N4O3/c1-22(13-19(32)31(21(28)30-22)14-9-11-33-12-10-14)15-5-4-7-17(20(15)24)29-16-6-2-3-8-18(16)34-23(25,26)27/h2-8,14,29H,9-13H2,1H3,(H2,28,30)/t22-/m0/s1. The van der Waals surface area contributed by atoms with Gasteiger partial charge in [-0.3, -0.25) is 9.69 Å². The van der Waals surface area contributed by atoms with Gasteiger partial charge in [0.2, 0.25) is 5.91 Å². The fraction of sp³-hybridized carbons (Fsp3) is 0.391. The van der Waals surface area contributed by atoms with Crippen LogP contribution in [0.15, 0.2) is 47.5 Å². The van der Waals surface area contributed by atoms with Crippen molar-refractivity contribution in [2.75, 3.05) is 18.5 Å². The van der Waals surface area contributed by atoms with E-state index < -0.39 is 17.7 Å². The van der Waals surface area contributed by atoms with Gasteiger partial charge in [-0.15, -0.1) is 13.2 Å². The zero-order valence-electron chi connectivity index (χ0n) is 18.4. The highest BCUT2D eigenvalue weighted by Gasteiger charge is 2.41. The number of carbonyl (C=O) groups is 1. The molecule has 0 bridgehead atoms. The van der Waals surface area contributed by atoms with Gasteiger partial charge in [-0.05, 0) is 38.0 Å². The normalized spacial score (nSPS) is 21.9. The van der Waals surface area contributed by atoms with Gasteiger partial charge < -0.3 is 20.5 Å². The molecule has 0 saturated carbocycles. The zero-order chi connectivity index (χ0) is 24.5. The van der Waals surface area contributed by atoms with E-state index in [0.29, 0.717) is 37.3 Å². The van der Waals surface area contributed by atoms with Crippen molar-refractivity contribution < 1.29 is 27.4 Å². The monoisotopic (exact) mass is 496 g/mol. The van der Waals surface area contributed by atoms with E-state index in [0.717, 1.165) is 0 Å². The second-order valence-corrected chi connectivity index (χ2v) is 8.74. The average molecular weight is 497 g/mol. The maximum atomic E-state index is 13.1. The quantitative estimate of drug-likeness (QED) is 0.613. The topological polar surface area (TPSA) is 89.2 Å². The van der Waals surface area contributed by atoms with Crippen molar-refractivity contribution in [3.05, 3.63) is 53.1 Å². The van der Waals surface area contributed by atoms with Crippen LogP contribution in [-0.2, 0) is 15.1 Å².